The van der Waals surface area contributed by atoms with E-state index in [9.17, 15) is 0 Å². The molecule has 1 fully saturated rings. The number of methoxy groups -OCH3 is 1. The predicted molar refractivity (Wildman–Crippen MR) is 60.5 cm³/mol. The minimum Gasteiger partial charge on any atom is -0.385 e. The molecular weight excluding hydrogens is 174 g/mol. The molecule has 0 aromatic heterocycles. The highest BCUT2D eigenvalue weighted by Gasteiger charge is 2.22. The summed E-state index contributed by atoms with van der Waals surface area (Å²) in [6.45, 7) is 0.928. The maximum Gasteiger partial charge on any atom is 0.0462 e. The largest absolute Gasteiger partial charge is 0.385 e. The molecule has 1 aliphatic carbocycles. The molecule has 14 heavy (non-hydrogen) atoms. The van der Waals surface area contributed by atoms with Crippen molar-refractivity contribution in [3.05, 3.63) is 0 Å². The van der Waals surface area contributed by atoms with Crippen LogP contribution < -0.4 is 5.32 Å². The molecule has 2 nitrogen and oxygen atoms in total. The zero-order chi connectivity index (χ0) is 10.2. The molecule has 0 spiro atoms. The first-order valence-electron chi connectivity index (χ1n) is 6.04. The third kappa shape index (κ3) is 3.97. The van der Waals surface area contributed by atoms with Crippen LogP contribution in [0.25, 0.3) is 0 Å². The second-order valence-corrected chi connectivity index (χ2v) is 4.43. The fourth-order valence-electron chi connectivity index (χ4n) is 2.59. The van der Waals surface area contributed by atoms with Gasteiger partial charge in [0.25, 0.3) is 0 Å². The number of unbranched alkanes of at least 4 members (excludes halogenated alkanes) is 1. The van der Waals surface area contributed by atoms with Gasteiger partial charge in [0.05, 0.1) is 0 Å². The normalized spacial score (nSPS) is 27.9. The first-order chi connectivity index (χ1) is 6.88. The van der Waals surface area contributed by atoms with Gasteiger partial charge in [0.2, 0.25) is 0 Å². The zero-order valence-electron chi connectivity index (χ0n) is 9.72. The third-order valence-corrected chi connectivity index (χ3v) is 3.45. The summed E-state index contributed by atoms with van der Waals surface area (Å²) in [5.41, 5.74) is 0. The van der Waals surface area contributed by atoms with Gasteiger partial charge in [0, 0.05) is 19.8 Å². The lowest BCUT2D eigenvalue weighted by atomic mass is 9.81. The smallest absolute Gasteiger partial charge is 0.0462 e. The van der Waals surface area contributed by atoms with E-state index < -0.39 is 0 Å². The standard InChI is InChI=1S/C12H25NO/c1-13-12-9-4-3-7-11(12)8-5-6-10-14-2/h11-13H,3-10H2,1-2H3. The van der Waals surface area contributed by atoms with Gasteiger partial charge in [0.1, 0.15) is 0 Å². The molecule has 2 unspecified atom stereocenters. The van der Waals surface area contributed by atoms with Crippen LogP contribution in [0.4, 0.5) is 0 Å². The molecule has 1 saturated carbocycles. The van der Waals surface area contributed by atoms with Crippen LogP contribution in [0.5, 0.6) is 0 Å². The summed E-state index contributed by atoms with van der Waals surface area (Å²) in [7, 11) is 3.90. The molecule has 0 heterocycles. The van der Waals surface area contributed by atoms with Gasteiger partial charge in [-0.3, -0.25) is 0 Å². The molecule has 0 aliphatic heterocycles. The topological polar surface area (TPSA) is 21.3 Å². The number of nitrogens with one attached hydrogen (secondary N) is 1. The third-order valence-electron chi connectivity index (χ3n) is 3.45. The van der Waals surface area contributed by atoms with E-state index in [0.717, 1.165) is 18.6 Å². The molecule has 1 aliphatic rings. The lowest BCUT2D eigenvalue weighted by Crippen LogP contribution is -2.36. The van der Waals surface area contributed by atoms with Crippen molar-refractivity contribution in [3.63, 3.8) is 0 Å². The molecular formula is C12H25NO. The van der Waals surface area contributed by atoms with Gasteiger partial charge < -0.3 is 10.1 Å². The van der Waals surface area contributed by atoms with Crippen LogP contribution in [0.2, 0.25) is 0 Å². The van der Waals surface area contributed by atoms with E-state index in [1.165, 1.54) is 44.9 Å². The Kier molecular flexibility index (Phi) is 6.20. The summed E-state index contributed by atoms with van der Waals surface area (Å²) >= 11 is 0. The fraction of sp³-hybridized carbons (Fsp3) is 1.00. The Morgan fingerprint density at radius 1 is 1.21 bits per heavy atom. The first-order valence-corrected chi connectivity index (χ1v) is 6.04. The van der Waals surface area contributed by atoms with Crippen molar-refractivity contribution in [1.29, 1.82) is 0 Å². The monoisotopic (exact) mass is 199 g/mol. The summed E-state index contributed by atoms with van der Waals surface area (Å²) in [4.78, 5) is 0. The lowest BCUT2D eigenvalue weighted by Gasteiger charge is -2.31. The van der Waals surface area contributed by atoms with Crippen LogP contribution in [-0.2, 0) is 4.74 Å². The summed E-state index contributed by atoms with van der Waals surface area (Å²) in [5.74, 6) is 0.922. The van der Waals surface area contributed by atoms with Crippen molar-refractivity contribution >= 4 is 0 Å². The lowest BCUT2D eigenvalue weighted by molar-refractivity contribution is 0.184. The van der Waals surface area contributed by atoms with Gasteiger partial charge >= 0.3 is 0 Å². The number of hydrogen-bond donors (Lipinski definition) is 1. The van der Waals surface area contributed by atoms with E-state index in [0.29, 0.717) is 0 Å². The maximum atomic E-state index is 5.07. The Hall–Kier alpha value is -0.0800. The molecule has 2 heteroatoms. The van der Waals surface area contributed by atoms with E-state index in [-0.39, 0.29) is 0 Å². The fourth-order valence-corrected chi connectivity index (χ4v) is 2.59. The molecule has 0 saturated heterocycles. The minimum absolute atomic E-state index is 0.784. The van der Waals surface area contributed by atoms with Crippen LogP contribution in [0, 0.1) is 5.92 Å². The summed E-state index contributed by atoms with van der Waals surface area (Å²) in [5, 5.41) is 3.46. The Bertz CT molecular complexity index is 138. The molecule has 0 amide bonds. The Labute approximate surface area is 88.4 Å². The summed E-state index contributed by atoms with van der Waals surface area (Å²) < 4.78 is 5.07. The second kappa shape index (κ2) is 7.24. The summed E-state index contributed by atoms with van der Waals surface area (Å²) in [6, 6.07) is 0.784. The van der Waals surface area contributed by atoms with Gasteiger partial charge in [-0.1, -0.05) is 19.3 Å². The van der Waals surface area contributed by atoms with E-state index in [2.05, 4.69) is 12.4 Å². The van der Waals surface area contributed by atoms with Crippen molar-refractivity contribution in [3.8, 4) is 0 Å². The van der Waals surface area contributed by atoms with Crippen LogP contribution in [0.1, 0.15) is 44.9 Å². The van der Waals surface area contributed by atoms with Gasteiger partial charge in [-0.15, -0.1) is 0 Å². The Balaban J connectivity index is 2.13. The van der Waals surface area contributed by atoms with Crippen LogP contribution in [-0.4, -0.2) is 26.8 Å². The molecule has 2 atom stereocenters. The van der Waals surface area contributed by atoms with Crippen molar-refractivity contribution in [2.75, 3.05) is 20.8 Å². The zero-order valence-corrected chi connectivity index (χ0v) is 9.72. The second-order valence-electron chi connectivity index (χ2n) is 4.43. The Morgan fingerprint density at radius 3 is 2.71 bits per heavy atom. The number of hydrogen-bond acceptors (Lipinski definition) is 2. The van der Waals surface area contributed by atoms with Gasteiger partial charge in [-0.25, -0.2) is 0 Å². The van der Waals surface area contributed by atoms with E-state index in [4.69, 9.17) is 4.74 Å². The van der Waals surface area contributed by atoms with E-state index in [1.807, 2.05) is 0 Å². The average molecular weight is 199 g/mol. The van der Waals surface area contributed by atoms with Crippen molar-refractivity contribution < 1.29 is 4.74 Å². The highest BCUT2D eigenvalue weighted by atomic mass is 16.5. The van der Waals surface area contributed by atoms with Crippen molar-refractivity contribution in [1.82, 2.24) is 5.32 Å². The van der Waals surface area contributed by atoms with Gasteiger partial charge in [-0.2, -0.15) is 0 Å². The average Bonchev–Trinajstić information content (AvgIpc) is 2.25. The SMILES string of the molecule is CNC1CCCCC1CCCCOC. The molecule has 1 rings (SSSR count). The minimum atomic E-state index is 0.784. The van der Waals surface area contributed by atoms with Crippen molar-refractivity contribution in [2.45, 2.75) is 51.0 Å². The van der Waals surface area contributed by atoms with Crippen LogP contribution in [0.3, 0.4) is 0 Å². The molecule has 84 valence electrons. The predicted octanol–water partition coefficient (Wildman–Crippen LogP) is 2.58. The molecule has 1 N–H and O–H groups in total. The highest BCUT2D eigenvalue weighted by Crippen LogP contribution is 2.28. The summed E-state index contributed by atoms with van der Waals surface area (Å²) in [6.07, 6.45) is 9.60. The van der Waals surface area contributed by atoms with Gasteiger partial charge in [0.15, 0.2) is 0 Å². The van der Waals surface area contributed by atoms with Crippen molar-refractivity contribution in [2.24, 2.45) is 5.92 Å². The molecule has 0 aromatic carbocycles. The number of ether oxygens (including phenoxy) is 1. The van der Waals surface area contributed by atoms with E-state index in [1.54, 1.807) is 7.11 Å². The molecule has 0 bridgehead atoms. The highest BCUT2D eigenvalue weighted by molar-refractivity contribution is 4.79. The first kappa shape index (κ1) is 12.0. The van der Waals surface area contributed by atoms with E-state index >= 15 is 0 Å². The molecule has 0 radical (unpaired) electrons. The van der Waals surface area contributed by atoms with Crippen LogP contribution >= 0.6 is 0 Å². The van der Waals surface area contributed by atoms with Crippen LogP contribution in [0.15, 0.2) is 0 Å². The quantitative estimate of drug-likeness (QED) is 0.664. The van der Waals surface area contributed by atoms with Gasteiger partial charge in [-0.05, 0) is 38.6 Å². The maximum absolute atomic E-state index is 5.07. The number of rotatable bonds is 6. The Morgan fingerprint density at radius 2 is 2.00 bits per heavy atom. The molecule has 0 aromatic rings.